The molecule has 0 aliphatic carbocycles. The number of ether oxygens (including phenoxy) is 1. The van der Waals surface area contributed by atoms with Crippen LogP contribution >= 0.6 is 33.1 Å². The van der Waals surface area contributed by atoms with E-state index in [1.54, 1.807) is 0 Å². The van der Waals surface area contributed by atoms with Crippen LogP contribution in [-0.2, 0) is 13.8 Å². The Balaban J connectivity index is 2.30. The van der Waals surface area contributed by atoms with Crippen molar-refractivity contribution in [2.45, 2.75) is 24.5 Å². The van der Waals surface area contributed by atoms with Gasteiger partial charge >= 0.3 is 7.82 Å². The highest BCUT2D eigenvalue weighted by molar-refractivity contribution is 7.97. The van der Waals surface area contributed by atoms with E-state index in [2.05, 4.69) is 29.8 Å². The second-order valence-corrected chi connectivity index (χ2v) is 7.26. The summed E-state index contributed by atoms with van der Waals surface area (Å²) in [4.78, 5) is 40.3. The summed E-state index contributed by atoms with van der Waals surface area (Å²) < 4.78 is 21.5. The molecule has 1 fully saturated rings. The lowest BCUT2D eigenvalue weighted by Crippen LogP contribution is -2.46. The lowest BCUT2D eigenvalue weighted by Gasteiger charge is -2.13. The van der Waals surface area contributed by atoms with Crippen molar-refractivity contribution in [2.75, 3.05) is 6.61 Å². The maximum Gasteiger partial charge on any atom is 0.469 e. The van der Waals surface area contributed by atoms with E-state index in [0.29, 0.717) is 0 Å². The number of thiol groups is 2. The van der Waals surface area contributed by atoms with Crippen molar-refractivity contribution in [1.82, 2.24) is 0 Å². The fourth-order valence-corrected chi connectivity index (χ4v) is 2.85. The molecule has 2 rings (SSSR count). The summed E-state index contributed by atoms with van der Waals surface area (Å²) in [6.07, 6.45) is -3.03. The third-order valence-electron chi connectivity index (χ3n) is 3.42. The number of carbonyl (C=O) groups is 2. The molecular weight excluding hydrogens is 397 g/mol. The molecule has 2 heterocycles. The quantitative estimate of drug-likeness (QED) is 0.193. The van der Waals surface area contributed by atoms with E-state index in [1.807, 2.05) is 0 Å². The zero-order chi connectivity index (χ0) is 18.9. The largest absolute Gasteiger partial charge is 0.469 e. The summed E-state index contributed by atoms with van der Waals surface area (Å²) in [5, 5.41) is 18.8. The molecule has 25 heavy (non-hydrogen) atoms. The number of aliphatic hydroxyl groups is 2. The summed E-state index contributed by atoms with van der Waals surface area (Å²) in [7, 11) is -4.79. The Bertz CT molecular complexity index is 707. The standard InChI is InChI=1S/C12H14NO9PS2/c14-8-7(4-21-23(18,19)20)22-10(9(8)15)13-2-5(11(16)24)1-6(3-13)12(17)25/h1-3,7-10,14-15H,4H2,(H3-,16,17,18,19,20,24,25)/p+1/t7-,8-,9-,10-/m1/s1. The number of aromatic nitrogens is 1. The number of nitrogens with zero attached hydrogens (tertiary/aromatic N) is 1. The van der Waals surface area contributed by atoms with Crippen LogP contribution in [-0.4, -0.2) is 55.1 Å². The van der Waals surface area contributed by atoms with Gasteiger partial charge in [0.1, 0.15) is 12.2 Å². The first-order valence-corrected chi connectivity index (χ1v) is 9.16. The van der Waals surface area contributed by atoms with Gasteiger partial charge in [-0.3, -0.25) is 14.1 Å². The number of hydrogen-bond donors (Lipinski definition) is 6. The van der Waals surface area contributed by atoms with Gasteiger partial charge < -0.3 is 24.7 Å². The molecule has 0 bridgehead atoms. The zero-order valence-corrected chi connectivity index (χ0v) is 15.1. The van der Waals surface area contributed by atoms with Gasteiger partial charge in [-0.25, -0.2) is 4.57 Å². The summed E-state index contributed by atoms with van der Waals surface area (Å²) in [5.41, 5.74) is 0.0341. The Hall–Kier alpha value is -0.820. The number of carbonyl (C=O) groups excluding carboxylic acids is 2. The Labute approximate surface area is 152 Å². The Morgan fingerprint density at radius 3 is 2.12 bits per heavy atom. The maximum absolute atomic E-state index is 11.5. The molecule has 0 amide bonds. The number of pyridine rings is 1. The van der Waals surface area contributed by atoms with Gasteiger partial charge in [-0.2, -0.15) is 4.57 Å². The van der Waals surface area contributed by atoms with Crippen molar-refractivity contribution in [3.63, 3.8) is 0 Å². The van der Waals surface area contributed by atoms with E-state index in [9.17, 15) is 24.4 Å². The van der Waals surface area contributed by atoms with Crippen LogP contribution in [0.25, 0.3) is 0 Å². The number of aliphatic hydroxyl groups excluding tert-OH is 2. The molecule has 138 valence electrons. The monoisotopic (exact) mass is 412 g/mol. The Morgan fingerprint density at radius 1 is 1.16 bits per heavy atom. The van der Waals surface area contributed by atoms with Crippen LogP contribution in [0.1, 0.15) is 26.9 Å². The smallest absolute Gasteiger partial charge is 0.387 e. The van der Waals surface area contributed by atoms with Crippen molar-refractivity contribution >= 4 is 43.3 Å². The molecule has 1 aromatic rings. The average molecular weight is 412 g/mol. The molecular formula is C12H15NO9PS2+. The zero-order valence-electron chi connectivity index (χ0n) is 12.4. The van der Waals surface area contributed by atoms with Crippen LogP contribution in [0.3, 0.4) is 0 Å². The molecule has 1 aromatic heterocycles. The number of rotatable bonds is 6. The summed E-state index contributed by atoms with van der Waals surface area (Å²) >= 11 is 7.34. The first-order valence-electron chi connectivity index (χ1n) is 6.73. The van der Waals surface area contributed by atoms with Gasteiger partial charge in [-0.1, -0.05) is 0 Å². The predicted molar refractivity (Wildman–Crippen MR) is 87.2 cm³/mol. The average Bonchev–Trinajstić information content (AvgIpc) is 2.79. The lowest BCUT2D eigenvalue weighted by molar-refractivity contribution is -0.765. The van der Waals surface area contributed by atoms with E-state index in [0.717, 1.165) is 4.57 Å². The van der Waals surface area contributed by atoms with Crippen molar-refractivity contribution in [3.05, 3.63) is 29.6 Å². The number of phosphoric ester groups is 1. The molecule has 10 nitrogen and oxygen atoms in total. The molecule has 0 unspecified atom stereocenters. The summed E-state index contributed by atoms with van der Waals surface area (Å²) in [5.74, 6) is 0. The topological polar surface area (TPSA) is 154 Å². The summed E-state index contributed by atoms with van der Waals surface area (Å²) in [6, 6.07) is 1.24. The van der Waals surface area contributed by atoms with Crippen LogP contribution in [0.15, 0.2) is 18.5 Å². The van der Waals surface area contributed by atoms with E-state index in [-0.39, 0.29) is 11.1 Å². The summed E-state index contributed by atoms with van der Waals surface area (Å²) in [6.45, 7) is -0.677. The molecule has 1 aliphatic rings. The van der Waals surface area contributed by atoms with Crippen LogP contribution in [0.2, 0.25) is 0 Å². The van der Waals surface area contributed by atoms with Gasteiger partial charge in [0.2, 0.25) is 10.2 Å². The fourth-order valence-electron chi connectivity index (χ4n) is 2.27. The SMILES string of the molecule is O=C(S)c1cc(C(=O)S)c[n+]([C@@H]2O[C@H](COP(=O)(O)O)[C@@H](O)[C@H]2O)c1. The second kappa shape index (κ2) is 7.82. The lowest BCUT2D eigenvalue weighted by atomic mass is 10.1. The minimum atomic E-state index is -4.79. The van der Waals surface area contributed by atoms with Gasteiger partial charge in [-0.15, -0.1) is 25.3 Å². The first kappa shape index (κ1) is 20.5. The van der Waals surface area contributed by atoms with Crippen LogP contribution in [0.5, 0.6) is 0 Å². The van der Waals surface area contributed by atoms with Crippen molar-refractivity contribution in [3.8, 4) is 0 Å². The van der Waals surface area contributed by atoms with E-state index < -0.39 is 49.2 Å². The molecule has 0 saturated carbocycles. The van der Waals surface area contributed by atoms with Gasteiger partial charge in [0.15, 0.2) is 18.5 Å². The van der Waals surface area contributed by atoms with Gasteiger partial charge in [-0.05, 0) is 6.07 Å². The van der Waals surface area contributed by atoms with Crippen LogP contribution < -0.4 is 4.57 Å². The minimum absolute atomic E-state index is 0.0171. The first-order chi connectivity index (χ1) is 11.5. The highest BCUT2D eigenvalue weighted by Gasteiger charge is 2.49. The normalized spacial score (nSPS) is 26.6. The molecule has 4 N–H and O–H groups in total. The van der Waals surface area contributed by atoms with Gasteiger partial charge in [0, 0.05) is 0 Å². The predicted octanol–water partition coefficient (Wildman–Crippen LogP) is -1.16. The number of phosphoric acid groups is 1. The molecule has 0 aromatic carbocycles. The van der Waals surface area contributed by atoms with Crippen LogP contribution in [0, 0.1) is 0 Å². The van der Waals surface area contributed by atoms with E-state index in [1.165, 1.54) is 18.5 Å². The second-order valence-electron chi connectivity index (χ2n) is 5.20. The maximum atomic E-state index is 11.5. The molecule has 4 atom stereocenters. The highest BCUT2D eigenvalue weighted by Crippen LogP contribution is 2.37. The van der Waals surface area contributed by atoms with Crippen LogP contribution in [0.4, 0.5) is 0 Å². The third-order valence-corrected chi connectivity index (χ3v) is 4.42. The van der Waals surface area contributed by atoms with Gasteiger partial charge in [0.05, 0.1) is 17.7 Å². The molecule has 0 spiro atoms. The molecule has 13 heteroatoms. The van der Waals surface area contributed by atoms with Crippen molar-refractivity contribution in [2.24, 2.45) is 0 Å². The Kier molecular flexibility index (Phi) is 6.41. The molecule has 1 saturated heterocycles. The number of hydrogen-bond acceptors (Lipinski definition) is 7. The Morgan fingerprint density at radius 2 is 1.68 bits per heavy atom. The van der Waals surface area contributed by atoms with E-state index in [4.69, 9.17) is 14.5 Å². The van der Waals surface area contributed by atoms with E-state index >= 15 is 0 Å². The highest BCUT2D eigenvalue weighted by atomic mass is 32.1. The molecule has 0 radical (unpaired) electrons. The van der Waals surface area contributed by atoms with Gasteiger partial charge in [0.25, 0.3) is 6.23 Å². The minimum Gasteiger partial charge on any atom is -0.387 e. The van der Waals surface area contributed by atoms with Crippen molar-refractivity contribution in [1.29, 1.82) is 0 Å². The third kappa shape index (κ3) is 5.09. The molecule has 1 aliphatic heterocycles. The fraction of sp³-hybridized carbons (Fsp3) is 0.417. The van der Waals surface area contributed by atoms with Crippen molar-refractivity contribution < 1.29 is 48.0 Å².